The van der Waals surface area contributed by atoms with Gasteiger partial charge in [-0.25, -0.2) is 0 Å². The highest BCUT2D eigenvalue weighted by Crippen LogP contribution is 2.33. The molecule has 1 N–H and O–H groups in total. The van der Waals surface area contributed by atoms with Crippen molar-refractivity contribution >= 4 is 10.8 Å². The number of rotatable bonds is 3. The molecule has 100 valence electrons. The molecular formula is C16H20N2O. The van der Waals surface area contributed by atoms with E-state index in [1.54, 1.807) is 0 Å². The Hall–Kier alpha value is -1.45. The first-order chi connectivity index (χ1) is 9.40. The smallest absolute Gasteiger partial charge is 0.0469 e. The van der Waals surface area contributed by atoms with Crippen LogP contribution < -0.4 is 5.32 Å². The Kier molecular flexibility index (Phi) is 3.76. The molecule has 1 aliphatic rings. The Morgan fingerprint density at radius 2 is 2.11 bits per heavy atom. The normalized spacial score (nSPS) is 18.6. The van der Waals surface area contributed by atoms with Gasteiger partial charge in [-0.1, -0.05) is 18.2 Å². The van der Waals surface area contributed by atoms with Crippen molar-refractivity contribution in [3.8, 4) is 0 Å². The van der Waals surface area contributed by atoms with Crippen molar-refractivity contribution in [2.75, 3.05) is 20.3 Å². The Morgan fingerprint density at radius 3 is 2.89 bits per heavy atom. The summed E-state index contributed by atoms with van der Waals surface area (Å²) in [6.07, 6.45) is 6.09. The van der Waals surface area contributed by atoms with E-state index in [0.29, 0.717) is 12.0 Å². The molecule has 3 heteroatoms. The third kappa shape index (κ3) is 2.48. The molecule has 0 saturated carbocycles. The molecule has 1 fully saturated rings. The van der Waals surface area contributed by atoms with Gasteiger partial charge in [-0.15, -0.1) is 0 Å². The van der Waals surface area contributed by atoms with Crippen LogP contribution >= 0.6 is 0 Å². The molecule has 2 heterocycles. The van der Waals surface area contributed by atoms with Crippen LogP contribution in [0.1, 0.15) is 24.4 Å². The SMILES string of the molecule is CNC(c1cccc2ccncc12)C1CCOCC1. The predicted molar refractivity (Wildman–Crippen MR) is 77.1 cm³/mol. The van der Waals surface area contributed by atoms with Crippen LogP contribution in [-0.2, 0) is 4.74 Å². The first kappa shape index (κ1) is 12.6. The van der Waals surface area contributed by atoms with E-state index in [1.165, 1.54) is 16.3 Å². The standard InChI is InChI=1S/C16H20N2O/c1-17-16(13-6-9-19-10-7-13)14-4-2-3-12-5-8-18-11-15(12)14/h2-5,8,11,13,16-17H,6-7,9-10H2,1H3. The van der Waals surface area contributed by atoms with Gasteiger partial charge in [-0.05, 0) is 42.8 Å². The predicted octanol–water partition coefficient (Wildman–Crippen LogP) is 2.92. The zero-order valence-corrected chi connectivity index (χ0v) is 11.3. The van der Waals surface area contributed by atoms with E-state index < -0.39 is 0 Å². The topological polar surface area (TPSA) is 34.2 Å². The minimum Gasteiger partial charge on any atom is -0.381 e. The number of ether oxygens (including phenoxy) is 1. The molecule has 1 saturated heterocycles. The number of fused-ring (bicyclic) bond motifs is 1. The van der Waals surface area contributed by atoms with Gasteiger partial charge in [-0.3, -0.25) is 4.98 Å². The van der Waals surface area contributed by atoms with Crippen molar-refractivity contribution in [2.24, 2.45) is 5.92 Å². The maximum Gasteiger partial charge on any atom is 0.0469 e. The summed E-state index contributed by atoms with van der Waals surface area (Å²) in [5.74, 6) is 0.643. The lowest BCUT2D eigenvalue weighted by molar-refractivity contribution is 0.0548. The number of pyridine rings is 1. The zero-order chi connectivity index (χ0) is 13.1. The monoisotopic (exact) mass is 256 g/mol. The number of hydrogen-bond acceptors (Lipinski definition) is 3. The molecule has 1 aromatic carbocycles. The minimum atomic E-state index is 0.386. The van der Waals surface area contributed by atoms with Crippen LogP contribution in [0.5, 0.6) is 0 Å². The van der Waals surface area contributed by atoms with E-state index in [4.69, 9.17) is 4.74 Å². The quantitative estimate of drug-likeness (QED) is 0.917. The molecule has 0 aliphatic carbocycles. The van der Waals surface area contributed by atoms with E-state index in [-0.39, 0.29) is 0 Å². The molecule has 0 radical (unpaired) electrons. The number of nitrogens with zero attached hydrogens (tertiary/aromatic N) is 1. The van der Waals surface area contributed by atoms with Crippen LogP contribution in [-0.4, -0.2) is 25.2 Å². The molecular weight excluding hydrogens is 236 g/mol. The van der Waals surface area contributed by atoms with E-state index in [2.05, 4.69) is 41.6 Å². The van der Waals surface area contributed by atoms with Gasteiger partial charge in [0, 0.05) is 37.0 Å². The highest BCUT2D eigenvalue weighted by Gasteiger charge is 2.25. The fraction of sp³-hybridized carbons (Fsp3) is 0.438. The molecule has 3 nitrogen and oxygen atoms in total. The number of aromatic nitrogens is 1. The van der Waals surface area contributed by atoms with Gasteiger partial charge in [0.15, 0.2) is 0 Å². The van der Waals surface area contributed by atoms with Crippen molar-refractivity contribution < 1.29 is 4.74 Å². The zero-order valence-electron chi connectivity index (χ0n) is 11.3. The van der Waals surface area contributed by atoms with E-state index in [1.807, 2.05) is 12.4 Å². The van der Waals surface area contributed by atoms with Gasteiger partial charge in [0.1, 0.15) is 0 Å². The van der Waals surface area contributed by atoms with Gasteiger partial charge in [0.05, 0.1) is 0 Å². The van der Waals surface area contributed by atoms with E-state index in [9.17, 15) is 0 Å². The van der Waals surface area contributed by atoms with Crippen LogP contribution in [0.25, 0.3) is 10.8 Å². The summed E-state index contributed by atoms with van der Waals surface area (Å²) in [7, 11) is 2.05. The molecule has 0 amide bonds. The maximum atomic E-state index is 5.48. The highest BCUT2D eigenvalue weighted by atomic mass is 16.5. The van der Waals surface area contributed by atoms with Crippen LogP contribution in [0.15, 0.2) is 36.7 Å². The summed E-state index contributed by atoms with van der Waals surface area (Å²) in [4.78, 5) is 4.28. The van der Waals surface area contributed by atoms with Gasteiger partial charge in [-0.2, -0.15) is 0 Å². The molecule has 1 atom stereocenters. The summed E-state index contributed by atoms with van der Waals surface area (Å²) < 4.78 is 5.48. The van der Waals surface area contributed by atoms with Crippen molar-refractivity contribution in [1.29, 1.82) is 0 Å². The van der Waals surface area contributed by atoms with E-state index in [0.717, 1.165) is 26.1 Å². The summed E-state index contributed by atoms with van der Waals surface area (Å²) in [6.45, 7) is 1.76. The largest absolute Gasteiger partial charge is 0.381 e. The summed E-state index contributed by atoms with van der Waals surface area (Å²) in [6, 6.07) is 8.98. The second-order valence-electron chi connectivity index (χ2n) is 5.16. The van der Waals surface area contributed by atoms with Crippen molar-refractivity contribution in [1.82, 2.24) is 10.3 Å². The third-order valence-electron chi connectivity index (χ3n) is 4.10. The van der Waals surface area contributed by atoms with Crippen LogP contribution in [0.2, 0.25) is 0 Å². The fourth-order valence-electron chi connectivity index (χ4n) is 3.10. The molecule has 1 unspecified atom stereocenters. The summed E-state index contributed by atoms with van der Waals surface area (Å²) >= 11 is 0. The second-order valence-corrected chi connectivity index (χ2v) is 5.16. The molecule has 0 bridgehead atoms. The lowest BCUT2D eigenvalue weighted by Gasteiger charge is -2.31. The van der Waals surface area contributed by atoms with Crippen LogP contribution in [0, 0.1) is 5.92 Å². The Balaban J connectivity index is 2.00. The van der Waals surface area contributed by atoms with Crippen molar-refractivity contribution in [3.63, 3.8) is 0 Å². The lowest BCUT2D eigenvalue weighted by atomic mass is 9.85. The molecule has 0 spiro atoms. The van der Waals surface area contributed by atoms with Crippen LogP contribution in [0.4, 0.5) is 0 Å². The third-order valence-corrected chi connectivity index (χ3v) is 4.10. The van der Waals surface area contributed by atoms with Crippen LogP contribution in [0.3, 0.4) is 0 Å². The molecule has 1 aliphatic heterocycles. The Morgan fingerprint density at radius 1 is 1.26 bits per heavy atom. The average Bonchev–Trinajstić information content (AvgIpc) is 2.49. The number of benzene rings is 1. The maximum absolute atomic E-state index is 5.48. The summed E-state index contributed by atoms with van der Waals surface area (Å²) in [5, 5.41) is 6.02. The van der Waals surface area contributed by atoms with Crippen molar-refractivity contribution in [3.05, 3.63) is 42.2 Å². The number of nitrogens with one attached hydrogen (secondary N) is 1. The van der Waals surface area contributed by atoms with Gasteiger partial charge >= 0.3 is 0 Å². The fourth-order valence-corrected chi connectivity index (χ4v) is 3.10. The Labute approximate surface area is 114 Å². The second kappa shape index (κ2) is 5.68. The first-order valence-corrected chi connectivity index (χ1v) is 6.98. The van der Waals surface area contributed by atoms with Gasteiger partial charge in [0.25, 0.3) is 0 Å². The highest BCUT2D eigenvalue weighted by molar-refractivity contribution is 5.85. The summed E-state index contributed by atoms with van der Waals surface area (Å²) in [5.41, 5.74) is 1.36. The molecule has 3 rings (SSSR count). The number of hydrogen-bond donors (Lipinski definition) is 1. The Bertz CT molecular complexity index is 544. The molecule has 1 aromatic heterocycles. The lowest BCUT2D eigenvalue weighted by Crippen LogP contribution is -2.30. The first-order valence-electron chi connectivity index (χ1n) is 6.98. The van der Waals surface area contributed by atoms with Gasteiger partial charge < -0.3 is 10.1 Å². The molecule has 19 heavy (non-hydrogen) atoms. The minimum absolute atomic E-state index is 0.386. The van der Waals surface area contributed by atoms with E-state index >= 15 is 0 Å². The molecule has 2 aromatic rings. The van der Waals surface area contributed by atoms with Crippen molar-refractivity contribution in [2.45, 2.75) is 18.9 Å². The average molecular weight is 256 g/mol. The van der Waals surface area contributed by atoms with Gasteiger partial charge in [0.2, 0.25) is 0 Å².